The molecule has 0 aliphatic carbocycles. The van der Waals surface area contributed by atoms with Crippen LogP contribution >= 0.6 is 11.6 Å². The largest absolute Gasteiger partial charge is 0.439 e. The van der Waals surface area contributed by atoms with Crippen LogP contribution in [0.5, 0.6) is 11.6 Å². The Morgan fingerprint density at radius 1 is 1.17 bits per heavy atom. The second kappa shape index (κ2) is 5.40. The smallest absolute Gasteiger partial charge is 0.219 e. The second-order valence-electron chi connectivity index (χ2n) is 4.44. The van der Waals surface area contributed by atoms with Crippen LogP contribution in [-0.2, 0) is 5.88 Å². The van der Waals surface area contributed by atoms with E-state index in [-0.39, 0.29) is 0 Å². The Morgan fingerprint density at radius 2 is 1.94 bits per heavy atom. The van der Waals surface area contributed by atoms with E-state index in [1.807, 2.05) is 18.2 Å². The maximum absolute atomic E-state index is 5.84. The average molecular weight is 262 g/mol. The van der Waals surface area contributed by atoms with E-state index in [1.54, 1.807) is 6.20 Å². The van der Waals surface area contributed by atoms with Gasteiger partial charge in [0.2, 0.25) is 5.88 Å². The van der Waals surface area contributed by atoms with Gasteiger partial charge in [0.1, 0.15) is 5.75 Å². The van der Waals surface area contributed by atoms with Gasteiger partial charge in [-0.05, 0) is 55.2 Å². The van der Waals surface area contributed by atoms with Crippen molar-refractivity contribution in [3.8, 4) is 11.6 Å². The fraction of sp³-hybridized carbons (Fsp3) is 0.267. The molecular weight excluding hydrogens is 246 g/mol. The zero-order chi connectivity index (χ0) is 13.1. The molecule has 2 aromatic rings. The summed E-state index contributed by atoms with van der Waals surface area (Å²) < 4.78 is 5.84. The van der Waals surface area contributed by atoms with E-state index < -0.39 is 0 Å². The van der Waals surface area contributed by atoms with Crippen molar-refractivity contribution < 1.29 is 4.74 Å². The van der Waals surface area contributed by atoms with Crippen molar-refractivity contribution in [2.24, 2.45) is 0 Å². The quantitative estimate of drug-likeness (QED) is 0.757. The maximum atomic E-state index is 5.84. The van der Waals surface area contributed by atoms with Crippen molar-refractivity contribution in [2.45, 2.75) is 26.7 Å². The first kappa shape index (κ1) is 12.9. The van der Waals surface area contributed by atoms with E-state index in [2.05, 4.69) is 31.8 Å². The topological polar surface area (TPSA) is 22.1 Å². The number of rotatable bonds is 3. The lowest BCUT2D eigenvalue weighted by molar-refractivity contribution is 0.458. The van der Waals surface area contributed by atoms with Gasteiger partial charge in [0.15, 0.2) is 0 Å². The van der Waals surface area contributed by atoms with Gasteiger partial charge in [-0.25, -0.2) is 4.98 Å². The van der Waals surface area contributed by atoms with Gasteiger partial charge < -0.3 is 4.74 Å². The summed E-state index contributed by atoms with van der Waals surface area (Å²) in [6, 6.07) is 7.92. The average Bonchev–Trinajstić information content (AvgIpc) is 2.35. The first-order valence-electron chi connectivity index (χ1n) is 5.86. The molecule has 3 heteroatoms. The molecule has 2 nitrogen and oxygen atoms in total. The van der Waals surface area contributed by atoms with E-state index >= 15 is 0 Å². The maximum Gasteiger partial charge on any atom is 0.219 e. The molecule has 18 heavy (non-hydrogen) atoms. The summed E-state index contributed by atoms with van der Waals surface area (Å²) in [5.74, 6) is 1.90. The molecule has 0 radical (unpaired) electrons. The first-order chi connectivity index (χ1) is 8.60. The van der Waals surface area contributed by atoms with Crippen molar-refractivity contribution in [1.82, 2.24) is 4.98 Å². The number of nitrogens with zero attached hydrogens (tertiary/aromatic N) is 1. The summed E-state index contributed by atoms with van der Waals surface area (Å²) >= 11 is 5.80. The SMILES string of the molecule is Cc1cc(C)c(C)c(Oc2cc(CCl)ccn2)c1. The fourth-order valence-electron chi connectivity index (χ4n) is 1.81. The minimum absolute atomic E-state index is 0.463. The molecule has 0 atom stereocenters. The van der Waals surface area contributed by atoms with Gasteiger partial charge in [-0.15, -0.1) is 11.6 Å². The van der Waals surface area contributed by atoms with Crippen LogP contribution < -0.4 is 4.74 Å². The standard InChI is InChI=1S/C15H16ClNO/c1-10-6-11(2)12(3)14(7-10)18-15-8-13(9-16)4-5-17-15/h4-8H,9H2,1-3H3. The summed E-state index contributed by atoms with van der Waals surface area (Å²) in [4.78, 5) is 4.20. The van der Waals surface area contributed by atoms with Gasteiger partial charge in [-0.1, -0.05) is 6.07 Å². The highest BCUT2D eigenvalue weighted by Gasteiger charge is 2.06. The highest BCUT2D eigenvalue weighted by Crippen LogP contribution is 2.27. The lowest BCUT2D eigenvalue weighted by atomic mass is 10.1. The molecule has 0 aliphatic rings. The summed E-state index contributed by atoms with van der Waals surface area (Å²) in [6.07, 6.45) is 1.71. The van der Waals surface area contributed by atoms with Crippen molar-refractivity contribution in [2.75, 3.05) is 0 Å². The second-order valence-corrected chi connectivity index (χ2v) is 4.71. The van der Waals surface area contributed by atoms with Crippen LogP contribution in [0, 0.1) is 20.8 Å². The highest BCUT2D eigenvalue weighted by atomic mass is 35.5. The number of ether oxygens (including phenoxy) is 1. The Bertz CT molecular complexity index is 566. The van der Waals surface area contributed by atoms with Gasteiger partial charge in [0.25, 0.3) is 0 Å². The molecule has 0 bridgehead atoms. The number of hydrogen-bond donors (Lipinski definition) is 0. The zero-order valence-electron chi connectivity index (χ0n) is 10.8. The van der Waals surface area contributed by atoms with Crippen molar-refractivity contribution >= 4 is 11.6 Å². The molecule has 0 amide bonds. The Labute approximate surface area is 113 Å². The molecule has 0 aliphatic heterocycles. The van der Waals surface area contributed by atoms with Crippen LogP contribution in [0.15, 0.2) is 30.5 Å². The van der Waals surface area contributed by atoms with Gasteiger partial charge >= 0.3 is 0 Å². The van der Waals surface area contributed by atoms with Gasteiger partial charge in [-0.3, -0.25) is 0 Å². The Hall–Kier alpha value is -1.54. The fourth-order valence-corrected chi connectivity index (χ4v) is 1.98. The molecule has 0 N–H and O–H groups in total. The molecule has 0 saturated heterocycles. The van der Waals surface area contributed by atoms with Crippen LogP contribution in [-0.4, -0.2) is 4.98 Å². The monoisotopic (exact) mass is 261 g/mol. The third-order valence-corrected chi connectivity index (χ3v) is 3.24. The third kappa shape index (κ3) is 2.82. The number of halogens is 1. The molecule has 94 valence electrons. The number of alkyl halides is 1. The van der Waals surface area contributed by atoms with Crippen LogP contribution in [0.4, 0.5) is 0 Å². The number of hydrogen-bond acceptors (Lipinski definition) is 2. The predicted molar refractivity (Wildman–Crippen MR) is 74.5 cm³/mol. The number of benzene rings is 1. The summed E-state index contributed by atoms with van der Waals surface area (Å²) in [7, 11) is 0. The highest BCUT2D eigenvalue weighted by molar-refractivity contribution is 6.17. The first-order valence-corrected chi connectivity index (χ1v) is 6.40. The van der Waals surface area contributed by atoms with E-state index in [1.165, 1.54) is 11.1 Å². The summed E-state index contributed by atoms with van der Waals surface area (Å²) in [6.45, 7) is 6.19. The van der Waals surface area contributed by atoms with Crippen LogP contribution in [0.25, 0.3) is 0 Å². The van der Waals surface area contributed by atoms with Gasteiger partial charge in [-0.2, -0.15) is 0 Å². The summed E-state index contributed by atoms with van der Waals surface area (Å²) in [5.41, 5.74) is 4.54. The Balaban J connectivity index is 2.33. The molecule has 0 spiro atoms. The van der Waals surface area contributed by atoms with Gasteiger partial charge in [0, 0.05) is 18.1 Å². The Kier molecular flexibility index (Phi) is 3.87. The van der Waals surface area contributed by atoms with Gasteiger partial charge in [0.05, 0.1) is 0 Å². The number of pyridine rings is 1. The minimum Gasteiger partial charge on any atom is -0.439 e. The van der Waals surface area contributed by atoms with Crippen LogP contribution in [0.3, 0.4) is 0 Å². The van der Waals surface area contributed by atoms with E-state index in [0.29, 0.717) is 11.8 Å². The molecule has 0 fully saturated rings. The van der Waals surface area contributed by atoms with E-state index in [9.17, 15) is 0 Å². The molecule has 2 rings (SSSR count). The van der Waals surface area contributed by atoms with Crippen LogP contribution in [0.1, 0.15) is 22.3 Å². The predicted octanol–water partition coefficient (Wildman–Crippen LogP) is 4.54. The Morgan fingerprint density at radius 3 is 2.67 bits per heavy atom. The third-order valence-electron chi connectivity index (χ3n) is 2.93. The van der Waals surface area contributed by atoms with Crippen molar-refractivity contribution in [1.29, 1.82) is 0 Å². The number of aryl methyl sites for hydroxylation is 2. The van der Waals surface area contributed by atoms with E-state index in [4.69, 9.17) is 16.3 Å². The molecule has 0 saturated carbocycles. The number of aromatic nitrogens is 1. The van der Waals surface area contributed by atoms with Crippen molar-refractivity contribution in [3.63, 3.8) is 0 Å². The molecule has 1 heterocycles. The molecule has 0 unspecified atom stereocenters. The lowest BCUT2D eigenvalue weighted by Gasteiger charge is -2.11. The summed E-state index contributed by atoms with van der Waals surface area (Å²) in [5, 5.41) is 0. The minimum atomic E-state index is 0.463. The van der Waals surface area contributed by atoms with Crippen molar-refractivity contribution in [3.05, 3.63) is 52.7 Å². The van der Waals surface area contributed by atoms with Crippen LogP contribution in [0.2, 0.25) is 0 Å². The lowest BCUT2D eigenvalue weighted by Crippen LogP contribution is -1.94. The zero-order valence-corrected chi connectivity index (χ0v) is 11.6. The molecule has 1 aromatic heterocycles. The van der Waals surface area contributed by atoms with E-state index in [0.717, 1.165) is 16.9 Å². The molecular formula is C15H16ClNO. The normalized spacial score (nSPS) is 10.4. The molecule has 1 aromatic carbocycles.